The number of carbonyl (C=O) groups excluding carboxylic acids is 2. The number of thiophene rings is 1. The molecule has 0 fully saturated rings. The van der Waals surface area contributed by atoms with Crippen molar-refractivity contribution in [3.05, 3.63) is 51.7 Å². The average Bonchev–Trinajstić information content (AvgIpc) is 3.00. The highest BCUT2D eigenvalue weighted by atomic mass is 32.1. The first kappa shape index (κ1) is 15.1. The fourth-order valence-electron chi connectivity index (χ4n) is 1.63. The summed E-state index contributed by atoms with van der Waals surface area (Å²) in [4.78, 5) is 23.3. The molecule has 0 aliphatic rings. The largest absolute Gasteiger partial charge is 0.483 e. The molecule has 21 heavy (non-hydrogen) atoms. The second kappa shape index (κ2) is 6.90. The van der Waals surface area contributed by atoms with E-state index in [-0.39, 0.29) is 12.5 Å². The van der Waals surface area contributed by atoms with Crippen LogP contribution in [0.4, 0.5) is 0 Å². The van der Waals surface area contributed by atoms with Gasteiger partial charge in [0.05, 0.1) is 5.56 Å². The van der Waals surface area contributed by atoms with Crippen molar-refractivity contribution in [2.75, 3.05) is 6.61 Å². The van der Waals surface area contributed by atoms with E-state index in [0.717, 1.165) is 11.1 Å². The van der Waals surface area contributed by atoms with Crippen molar-refractivity contribution in [3.63, 3.8) is 0 Å². The van der Waals surface area contributed by atoms with Gasteiger partial charge in [0.1, 0.15) is 5.75 Å². The maximum absolute atomic E-state index is 11.6. The molecule has 110 valence electrons. The second-order valence-electron chi connectivity index (χ2n) is 4.57. The quantitative estimate of drug-likeness (QED) is 0.851. The normalized spacial score (nSPS) is 10.0. The minimum atomic E-state index is -0.417. The summed E-state index contributed by atoms with van der Waals surface area (Å²) in [5, 5.41) is 3.49. The average molecular weight is 304 g/mol. The minimum Gasteiger partial charge on any atom is -0.483 e. The zero-order chi connectivity index (χ0) is 15.2. The summed E-state index contributed by atoms with van der Waals surface area (Å²) < 4.78 is 5.44. The van der Waals surface area contributed by atoms with Gasteiger partial charge in [-0.05, 0) is 42.5 Å². The van der Waals surface area contributed by atoms with Crippen molar-refractivity contribution in [2.45, 2.75) is 13.8 Å². The van der Waals surface area contributed by atoms with Gasteiger partial charge in [-0.2, -0.15) is 11.3 Å². The molecule has 1 heterocycles. The van der Waals surface area contributed by atoms with Crippen LogP contribution in [-0.2, 0) is 4.79 Å². The summed E-state index contributed by atoms with van der Waals surface area (Å²) in [5.74, 6) is -0.106. The topological polar surface area (TPSA) is 67.4 Å². The third-order valence-corrected chi connectivity index (χ3v) is 3.48. The standard InChI is InChI=1S/C15H16N2O3S/c1-10-3-4-11(2)13(7-10)20-8-14(18)16-17-15(19)12-5-6-21-9-12/h3-7,9H,8H2,1-2H3,(H,16,18)(H,17,19). The Morgan fingerprint density at radius 1 is 1.19 bits per heavy atom. The molecule has 0 saturated heterocycles. The monoisotopic (exact) mass is 304 g/mol. The summed E-state index contributed by atoms with van der Waals surface area (Å²) in [7, 11) is 0. The van der Waals surface area contributed by atoms with Crippen molar-refractivity contribution < 1.29 is 14.3 Å². The highest BCUT2D eigenvalue weighted by Crippen LogP contribution is 2.18. The Balaban J connectivity index is 1.80. The zero-order valence-electron chi connectivity index (χ0n) is 11.8. The third kappa shape index (κ3) is 4.32. The highest BCUT2D eigenvalue weighted by molar-refractivity contribution is 7.08. The summed E-state index contributed by atoms with van der Waals surface area (Å²) >= 11 is 1.41. The van der Waals surface area contributed by atoms with E-state index in [4.69, 9.17) is 4.74 Å². The van der Waals surface area contributed by atoms with Crippen molar-refractivity contribution in [1.29, 1.82) is 0 Å². The Kier molecular flexibility index (Phi) is 4.94. The maximum atomic E-state index is 11.6. The molecule has 2 aromatic rings. The van der Waals surface area contributed by atoms with E-state index in [9.17, 15) is 9.59 Å². The van der Waals surface area contributed by atoms with Crippen LogP contribution in [0.25, 0.3) is 0 Å². The van der Waals surface area contributed by atoms with Crippen LogP contribution in [0.15, 0.2) is 35.0 Å². The second-order valence-corrected chi connectivity index (χ2v) is 5.35. The zero-order valence-corrected chi connectivity index (χ0v) is 12.6. The van der Waals surface area contributed by atoms with Crippen molar-refractivity contribution in [3.8, 4) is 5.75 Å². The number of hydrogen-bond acceptors (Lipinski definition) is 4. The Morgan fingerprint density at radius 2 is 2.00 bits per heavy atom. The lowest BCUT2D eigenvalue weighted by molar-refractivity contribution is -0.123. The van der Waals surface area contributed by atoms with E-state index >= 15 is 0 Å². The number of hydrogen-bond donors (Lipinski definition) is 2. The van der Waals surface area contributed by atoms with Crippen molar-refractivity contribution >= 4 is 23.2 Å². The minimum absolute atomic E-state index is 0.159. The highest BCUT2D eigenvalue weighted by Gasteiger charge is 2.08. The summed E-state index contributed by atoms with van der Waals surface area (Å²) in [6.45, 7) is 3.70. The first-order valence-corrected chi connectivity index (χ1v) is 7.32. The Bertz CT molecular complexity index is 638. The van der Waals surface area contributed by atoms with Gasteiger partial charge < -0.3 is 4.74 Å². The molecule has 0 aliphatic carbocycles. The summed E-state index contributed by atoms with van der Waals surface area (Å²) in [6, 6.07) is 7.45. The van der Waals surface area contributed by atoms with Crippen molar-refractivity contribution in [2.24, 2.45) is 0 Å². The van der Waals surface area contributed by atoms with E-state index < -0.39 is 5.91 Å². The van der Waals surface area contributed by atoms with Gasteiger partial charge in [-0.3, -0.25) is 20.4 Å². The van der Waals surface area contributed by atoms with E-state index in [2.05, 4.69) is 10.9 Å². The van der Waals surface area contributed by atoms with Gasteiger partial charge in [0.25, 0.3) is 11.8 Å². The maximum Gasteiger partial charge on any atom is 0.276 e. The van der Waals surface area contributed by atoms with Crippen LogP contribution in [0.2, 0.25) is 0 Å². The lowest BCUT2D eigenvalue weighted by atomic mass is 10.1. The molecule has 1 aromatic heterocycles. The molecule has 0 spiro atoms. The molecular weight excluding hydrogens is 288 g/mol. The smallest absolute Gasteiger partial charge is 0.276 e. The molecule has 0 saturated carbocycles. The van der Waals surface area contributed by atoms with Crippen LogP contribution >= 0.6 is 11.3 Å². The molecule has 2 N–H and O–H groups in total. The van der Waals surface area contributed by atoms with Gasteiger partial charge in [-0.1, -0.05) is 12.1 Å². The molecule has 1 aromatic carbocycles. The fourth-order valence-corrected chi connectivity index (χ4v) is 2.27. The van der Waals surface area contributed by atoms with Gasteiger partial charge in [-0.25, -0.2) is 0 Å². The molecule has 5 nitrogen and oxygen atoms in total. The number of rotatable bonds is 4. The number of amides is 2. The predicted molar refractivity (Wildman–Crippen MR) is 81.3 cm³/mol. The van der Waals surface area contributed by atoms with Gasteiger partial charge >= 0.3 is 0 Å². The van der Waals surface area contributed by atoms with Crippen LogP contribution in [0.5, 0.6) is 5.75 Å². The van der Waals surface area contributed by atoms with Gasteiger partial charge in [0, 0.05) is 5.38 Å². The number of aryl methyl sites for hydroxylation is 2. The van der Waals surface area contributed by atoms with Gasteiger partial charge in [0.2, 0.25) is 0 Å². The third-order valence-electron chi connectivity index (χ3n) is 2.80. The van der Waals surface area contributed by atoms with Gasteiger partial charge in [0.15, 0.2) is 6.61 Å². The fraction of sp³-hybridized carbons (Fsp3) is 0.200. The van der Waals surface area contributed by atoms with Crippen molar-refractivity contribution in [1.82, 2.24) is 10.9 Å². The van der Waals surface area contributed by atoms with Crippen LogP contribution in [0, 0.1) is 13.8 Å². The lowest BCUT2D eigenvalue weighted by Gasteiger charge is -2.10. The number of carbonyl (C=O) groups is 2. The van der Waals surface area contributed by atoms with Crippen LogP contribution in [0.3, 0.4) is 0 Å². The summed E-state index contributed by atoms with van der Waals surface area (Å²) in [5.41, 5.74) is 7.17. The molecule has 0 radical (unpaired) electrons. The van der Waals surface area contributed by atoms with Crippen LogP contribution in [-0.4, -0.2) is 18.4 Å². The first-order valence-electron chi connectivity index (χ1n) is 6.37. The van der Waals surface area contributed by atoms with Gasteiger partial charge in [-0.15, -0.1) is 0 Å². The van der Waals surface area contributed by atoms with E-state index in [1.807, 2.05) is 32.0 Å². The van der Waals surface area contributed by atoms with E-state index in [1.165, 1.54) is 11.3 Å². The Labute approximate surface area is 126 Å². The molecule has 0 unspecified atom stereocenters. The number of ether oxygens (including phenoxy) is 1. The molecular formula is C15H16N2O3S. The number of benzene rings is 1. The SMILES string of the molecule is Cc1ccc(C)c(OCC(=O)NNC(=O)c2ccsc2)c1. The van der Waals surface area contributed by atoms with E-state index in [0.29, 0.717) is 11.3 Å². The molecule has 0 atom stereocenters. The first-order chi connectivity index (χ1) is 10.1. The summed E-state index contributed by atoms with van der Waals surface area (Å²) in [6.07, 6.45) is 0. The molecule has 0 aliphatic heterocycles. The molecule has 2 amide bonds. The predicted octanol–water partition coefficient (Wildman–Crippen LogP) is 2.20. The van der Waals surface area contributed by atoms with Crippen LogP contribution in [0.1, 0.15) is 21.5 Å². The number of nitrogens with one attached hydrogen (secondary N) is 2. The Morgan fingerprint density at radius 3 is 2.71 bits per heavy atom. The number of hydrazine groups is 1. The molecule has 0 bridgehead atoms. The lowest BCUT2D eigenvalue weighted by Crippen LogP contribution is -2.43. The Hall–Kier alpha value is -2.34. The van der Waals surface area contributed by atoms with Crippen LogP contribution < -0.4 is 15.6 Å². The molecule has 6 heteroatoms. The molecule has 2 rings (SSSR count). The van der Waals surface area contributed by atoms with E-state index in [1.54, 1.807) is 16.8 Å².